The summed E-state index contributed by atoms with van der Waals surface area (Å²) in [5.41, 5.74) is 11.2. The second-order valence-electron chi connectivity index (χ2n) is 10.5. The van der Waals surface area contributed by atoms with Crippen molar-refractivity contribution in [3.63, 3.8) is 0 Å². The number of hydrogen-bond donors (Lipinski definition) is 1. The third kappa shape index (κ3) is 5.77. The average molecular weight is 480 g/mol. The maximum absolute atomic E-state index is 12.8. The van der Waals surface area contributed by atoms with Gasteiger partial charge in [-0.1, -0.05) is 65.7 Å². The molecule has 0 radical (unpaired) electrons. The van der Waals surface area contributed by atoms with E-state index in [1.165, 1.54) is 33.4 Å². The number of amides is 1. The van der Waals surface area contributed by atoms with Crippen molar-refractivity contribution in [2.24, 2.45) is 0 Å². The lowest BCUT2D eigenvalue weighted by atomic mass is 9.85. The molecular formula is C32H37N3O. The number of rotatable bonds is 6. The maximum atomic E-state index is 12.8. The molecule has 1 saturated heterocycles. The highest BCUT2D eigenvalue weighted by Crippen LogP contribution is 2.33. The van der Waals surface area contributed by atoms with Crippen LogP contribution in [0.5, 0.6) is 0 Å². The monoisotopic (exact) mass is 479 g/mol. The van der Waals surface area contributed by atoms with Gasteiger partial charge in [-0.25, -0.2) is 0 Å². The molecule has 4 nitrogen and oxygen atoms in total. The van der Waals surface area contributed by atoms with Gasteiger partial charge in [-0.3, -0.25) is 9.69 Å². The van der Waals surface area contributed by atoms with Crippen LogP contribution in [0.1, 0.15) is 35.6 Å². The van der Waals surface area contributed by atoms with E-state index in [4.69, 9.17) is 0 Å². The molecule has 1 heterocycles. The number of allylic oxidation sites excluding steroid dienone is 1. The summed E-state index contributed by atoms with van der Waals surface area (Å²) in [4.78, 5) is 17.8. The number of piperazine rings is 1. The van der Waals surface area contributed by atoms with Gasteiger partial charge in [-0.15, -0.1) is 0 Å². The van der Waals surface area contributed by atoms with Crippen LogP contribution in [0.25, 0.3) is 16.7 Å². The summed E-state index contributed by atoms with van der Waals surface area (Å²) in [6.07, 6.45) is 2.52. The van der Waals surface area contributed by atoms with E-state index in [0.717, 1.165) is 56.8 Å². The summed E-state index contributed by atoms with van der Waals surface area (Å²) >= 11 is 0. The number of aryl methyl sites for hydroxylation is 2. The topological polar surface area (TPSA) is 35.6 Å². The summed E-state index contributed by atoms with van der Waals surface area (Å²) < 4.78 is 0. The Labute approximate surface area is 215 Å². The number of nitrogens with zero attached hydrogens (tertiary/aromatic N) is 2. The van der Waals surface area contributed by atoms with Crippen LogP contribution in [0.2, 0.25) is 0 Å². The van der Waals surface area contributed by atoms with E-state index in [1.807, 2.05) is 0 Å². The minimum atomic E-state index is 0.0249. The molecule has 186 valence electrons. The number of nitrogens with one attached hydrogen (secondary N) is 1. The summed E-state index contributed by atoms with van der Waals surface area (Å²) in [5, 5.41) is 3.12. The first-order valence-corrected chi connectivity index (χ1v) is 13.1. The molecule has 0 atom stereocenters. The molecule has 2 aliphatic rings. The van der Waals surface area contributed by atoms with Crippen LogP contribution in [0.4, 0.5) is 5.69 Å². The lowest BCUT2D eigenvalue weighted by Gasteiger charge is -2.34. The van der Waals surface area contributed by atoms with E-state index in [0.29, 0.717) is 6.42 Å². The molecule has 0 spiro atoms. The lowest BCUT2D eigenvalue weighted by molar-refractivity contribution is -0.115. The van der Waals surface area contributed by atoms with Crippen LogP contribution in [0, 0.1) is 6.92 Å². The third-order valence-corrected chi connectivity index (χ3v) is 7.73. The largest absolute Gasteiger partial charge is 0.326 e. The number of anilines is 1. The molecule has 1 amide bonds. The Morgan fingerprint density at radius 1 is 0.833 bits per heavy atom. The molecular weight excluding hydrogens is 442 g/mol. The smallest absolute Gasteiger partial charge is 0.228 e. The van der Waals surface area contributed by atoms with Gasteiger partial charge in [0.15, 0.2) is 0 Å². The quantitative estimate of drug-likeness (QED) is 0.485. The zero-order valence-electron chi connectivity index (χ0n) is 21.8. The van der Waals surface area contributed by atoms with Crippen LogP contribution in [0.15, 0.2) is 72.3 Å². The normalized spacial score (nSPS) is 16.6. The van der Waals surface area contributed by atoms with E-state index in [9.17, 15) is 4.79 Å². The van der Waals surface area contributed by atoms with Gasteiger partial charge in [0.05, 0.1) is 6.42 Å². The van der Waals surface area contributed by atoms with Crippen LogP contribution in [-0.4, -0.2) is 55.5 Å². The maximum Gasteiger partial charge on any atom is 0.228 e. The van der Waals surface area contributed by atoms with Gasteiger partial charge in [0.25, 0.3) is 0 Å². The van der Waals surface area contributed by atoms with E-state index < -0.39 is 0 Å². The molecule has 3 aromatic carbocycles. The van der Waals surface area contributed by atoms with E-state index in [1.54, 1.807) is 5.57 Å². The van der Waals surface area contributed by atoms with Crippen molar-refractivity contribution >= 4 is 17.2 Å². The predicted octanol–water partition coefficient (Wildman–Crippen LogP) is 5.81. The van der Waals surface area contributed by atoms with Crippen molar-refractivity contribution in [3.8, 4) is 11.1 Å². The Bertz CT molecular complexity index is 1250. The minimum absolute atomic E-state index is 0.0249. The van der Waals surface area contributed by atoms with Gasteiger partial charge >= 0.3 is 0 Å². The molecule has 1 fully saturated rings. The number of carbonyl (C=O) groups excluding carboxylic acids is 1. The van der Waals surface area contributed by atoms with Crippen molar-refractivity contribution in [1.29, 1.82) is 0 Å². The highest BCUT2D eigenvalue weighted by Gasteiger charge is 2.21. The standard InChI is InChI=1S/C32H37N3O/c1-23-4-8-26(9-5-23)27-10-6-25(7-11-27)20-32(36)33-30-14-15-31-24(2)29(13-12-28(31)21-30)22-35-18-16-34(3)17-19-35/h4-11,14-15,21H,12-13,16-20,22H2,1-3H3,(H,33,36). The van der Waals surface area contributed by atoms with Crippen LogP contribution in [0.3, 0.4) is 0 Å². The number of hydrogen-bond acceptors (Lipinski definition) is 3. The molecule has 1 aliphatic heterocycles. The van der Waals surface area contributed by atoms with Crippen LogP contribution < -0.4 is 5.32 Å². The van der Waals surface area contributed by atoms with Gasteiger partial charge in [0.2, 0.25) is 5.91 Å². The van der Waals surface area contributed by atoms with Gasteiger partial charge in [0, 0.05) is 38.4 Å². The molecule has 0 bridgehead atoms. The van der Waals surface area contributed by atoms with Gasteiger partial charge in [-0.2, -0.15) is 0 Å². The van der Waals surface area contributed by atoms with Crippen molar-refractivity contribution in [2.45, 2.75) is 33.1 Å². The first-order chi connectivity index (χ1) is 17.4. The number of fused-ring (bicyclic) bond motifs is 1. The molecule has 5 rings (SSSR count). The van der Waals surface area contributed by atoms with Gasteiger partial charge in [0.1, 0.15) is 0 Å². The zero-order chi connectivity index (χ0) is 25.1. The predicted molar refractivity (Wildman–Crippen MR) is 150 cm³/mol. The molecule has 4 heteroatoms. The van der Waals surface area contributed by atoms with Crippen molar-refractivity contribution in [3.05, 3.63) is 94.6 Å². The second-order valence-corrected chi connectivity index (χ2v) is 10.5. The third-order valence-electron chi connectivity index (χ3n) is 7.73. The van der Waals surface area contributed by atoms with E-state index in [2.05, 4.69) is 103 Å². The summed E-state index contributed by atoms with van der Waals surface area (Å²) in [7, 11) is 2.21. The van der Waals surface area contributed by atoms with Crippen molar-refractivity contribution in [1.82, 2.24) is 9.80 Å². The first-order valence-electron chi connectivity index (χ1n) is 13.1. The Morgan fingerprint density at radius 2 is 1.50 bits per heavy atom. The van der Waals surface area contributed by atoms with Crippen molar-refractivity contribution in [2.75, 3.05) is 45.1 Å². The van der Waals surface area contributed by atoms with Gasteiger partial charge in [-0.05, 0) is 79.3 Å². The molecule has 0 unspecified atom stereocenters. The lowest BCUT2D eigenvalue weighted by Crippen LogP contribution is -2.45. The Hall–Kier alpha value is -3.21. The van der Waals surface area contributed by atoms with Crippen LogP contribution in [-0.2, 0) is 17.6 Å². The first kappa shape index (κ1) is 24.5. The fraction of sp³-hybridized carbons (Fsp3) is 0.344. The Kier molecular flexibility index (Phi) is 7.35. The van der Waals surface area contributed by atoms with Gasteiger partial charge < -0.3 is 10.2 Å². The van der Waals surface area contributed by atoms with Crippen LogP contribution >= 0.6 is 0 Å². The summed E-state index contributed by atoms with van der Waals surface area (Å²) in [5.74, 6) is 0.0249. The number of likely N-dealkylation sites (N-methyl/N-ethyl adjacent to an activating group) is 1. The van der Waals surface area contributed by atoms with Crippen molar-refractivity contribution < 1.29 is 4.79 Å². The van der Waals surface area contributed by atoms with E-state index >= 15 is 0 Å². The molecule has 1 N–H and O–H groups in total. The highest BCUT2D eigenvalue weighted by atomic mass is 16.1. The van der Waals surface area contributed by atoms with E-state index in [-0.39, 0.29) is 5.91 Å². The molecule has 0 saturated carbocycles. The summed E-state index contributed by atoms with van der Waals surface area (Å²) in [6.45, 7) is 10.1. The zero-order valence-corrected chi connectivity index (χ0v) is 21.8. The summed E-state index contributed by atoms with van der Waals surface area (Å²) in [6, 6.07) is 23.3. The number of carbonyl (C=O) groups is 1. The highest BCUT2D eigenvalue weighted by molar-refractivity contribution is 5.92. The molecule has 3 aromatic rings. The Morgan fingerprint density at radius 3 is 2.19 bits per heavy atom. The Balaban J connectivity index is 1.20. The molecule has 1 aliphatic carbocycles. The second kappa shape index (κ2) is 10.8. The number of benzene rings is 3. The fourth-order valence-corrected chi connectivity index (χ4v) is 5.33. The fourth-order valence-electron chi connectivity index (χ4n) is 5.33. The minimum Gasteiger partial charge on any atom is -0.326 e. The SMILES string of the molecule is CC1=C(CN2CCN(C)CC2)CCc2cc(NC(=O)Cc3ccc(-c4ccc(C)cc4)cc3)ccc21. The average Bonchev–Trinajstić information content (AvgIpc) is 2.88. The molecule has 0 aromatic heterocycles. The molecule has 36 heavy (non-hydrogen) atoms.